The monoisotopic (exact) mass is 499 g/mol. The highest BCUT2D eigenvalue weighted by atomic mass is 127. The van der Waals surface area contributed by atoms with Gasteiger partial charge in [0.2, 0.25) is 0 Å². The molecular weight excluding hydrogens is 469 g/mol. The third-order valence-electron chi connectivity index (χ3n) is 4.13. The summed E-state index contributed by atoms with van der Waals surface area (Å²) in [7, 11) is 5.06. The quantitative estimate of drug-likeness (QED) is 0.238. The molecule has 1 unspecified atom stereocenters. The van der Waals surface area contributed by atoms with Crippen LogP contribution in [-0.4, -0.2) is 40.4 Å². The molecule has 0 aliphatic carbocycles. The molecule has 7 heteroatoms. The molecule has 0 spiro atoms. The Hall–Kier alpha value is -2.00. The Balaban J connectivity index is 0.00000392. The molecule has 0 saturated heterocycles. The number of methoxy groups -OCH3 is 2. The number of nitrogens with one attached hydrogen (secondary N) is 2. The van der Waals surface area contributed by atoms with Crippen LogP contribution < -0.4 is 20.1 Å². The molecule has 0 aliphatic heterocycles. The van der Waals surface area contributed by atoms with E-state index >= 15 is 0 Å². The maximum atomic E-state index is 5.69. The Kier molecular flexibility index (Phi) is 11.4. The van der Waals surface area contributed by atoms with E-state index in [1.54, 1.807) is 21.3 Å². The van der Waals surface area contributed by atoms with Crippen molar-refractivity contribution >= 4 is 29.9 Å². The van der Waals surface area contributed by atoms with Gasteiger partial charge in [-0.3, -0.25) is 4.99 Å². The lowest BCUT2D eigenvalue weighted by molar-refractivity contribution is 0.125. The summed E-state index contributed by atoms with van der Waals surface area (Å²) >= 11 is 0. The van der Waals surface area contributed by atoms with Gasteiger partial charge < -0.3 is 24.8 Å². The van der Waals surface area contributed by atoms with Crippen molar-refractivity contribution in [2.45, 2.75) is 19.6 Å². The Labute approximate surface area is 184 Å². The summed E-state index contributed by atoms with van der Waals surface area (Å²) < 4.78 is 16.5. The Morgan fingerprint density at radius 2 is 1.82 bits per heavy atom. The van der Waals surface area contributed by atoms with Crippen molar-refractivity contribution in [2.24, 2.45) is 4.99 Å². The van der Waals surface area contributed by atoms with E-state index in [0.717, 1.165) is 17.1 Å². The van der Waals surface area contributed by atoms with Crippen LogP contribution in [0.4, 0.5) is 0 Å². The lowest BCUT2D eigenvalue weighted by Gasteiger charge is -2.20. The Bertz CT molecular complexity index is 726. The highest BCUT2D eigenvalue weighted by Gasteiger charge is 2.14. The molecule has 6 nitrogen and oxygen atoms in total. The van der Waals surface area contributed by atoms with E-state index in [4.69, 9.17) is 14.2 Å². The van der Waals surface area contributed by atoms with E-state index in [0.29, 0.717) is 25.7 Å². The number of ether oxygens (including phenoxy) is 3. The summed E-state index contributed by atoms with van der Waals surface area (Å²) in [5, 5.41) is 6.63. The number of benzene rings is 2. The topological polar surface area (TPSA) is 64.1 Å². The molecule has 0 saturated carbocycles. The first-order chi connectivity index (χ1) is 13.2. The standard InChI is InChI=1S/C21H29N3O3.HI/c1-16(19-14-18(25-3)10-11-20(19)26-4)24-21(22-2)23-12-13-27-15-17-8-6-5-7-9-17;/h5-11,14,16H,12-13,15H2,1-4H3,(H2,22,23,24);1H. The van der Waals surface area contributed by atoms with Gasteiger partial charge in [-0.1, -0.05) is 30.3 Å². The van der Waals surface area contributed by atoms with Gasteiger partial charge in [-0.2, -0.15) is 0 Å². The van der Waals surface area contributed by atoms with Crippen molar-refractivity contribution in [2.75, 3.05) is 34.4 Å². The van der Waals surface area contributed by atoms with Crippen LogP contribution in [0, 0.1) is 0 Å². The molecule has 0 aromatic heterocycles. The van der Waals surface area contributed by atoms with Gasteiger partial charge in [0.15, 0.2) is 5.96 Å². The Morgan fingerprint density at radius 3 is 2.46 bits per heavy atom. The maximum Gasteiger partial charge on any atom is 0.191 e. The first-order valence-electron chi connectivity index (χ1n) is 8.98. The third kappa shape index (κ3) is 7.55. The SMILES string of the molecule is CN=C(NCCOCc1ccccc1)NC(C)c1cc(OC)ccc1OC.I. The molecule has 0 aliphatic rings. The molecule has 1 atom stereocenters. The van der Waals surface area contributed by atoms with E-state index < -0.39 is 0 Å². The highest BCUT2D eigenvalue weighted by molar-refractivity contribution is 14.0. The van der Waals surface area contributed by atoms with Crippen molar-refractivity contribution in [3.05, 3.63) is 59.7 Å². The molecule has 2 rings (SSSR count). The molecular formula is C21H30IN3O3. The van der Waals surface area contributed by atoms with Gasteiger partial charge in [0.1, 0.15) is 11.5 Å². The Morgan fingerprint density at radius 1 is 1.07 bits per heavy atom. The fourth-order valence-electron chi connectivity index (χ4n) is 2.66. The minimum Gasteiger partial charge on any atom is -0.497 e. The zero-order valence-electron chi connectivity index (χ0n) is 16.9. The van der Waals surface area contributed by atoms with E-state index in [1.165, 1.54) is 5.56 Å². The molecule has 154 valence electrons. The maximum absolute atomic E-state index is 5.69. The summed E-state index contributed by atoms with van der Waals surface area (Å²) in [4.78, 5) is 4.27. The van der Waals surface area contributed by atoms with Crippen LogP contribution in [0.3, 0.4) is 0 Å². The predicted molar refractivity (Wildman–Crippen MR) is 124 cm³/mol. The van der Waals surface area contributed by atoms with E-state index in [9.17, 15) is 0 Å². The molecule has 2 aromatic carbocycles. The van der Waals surface area contributed by atoms with E-state index in [1.807, 2.05) is 36.4 Å². The summed E-state index contributed by atoms with van der Waals surface area (Å²) in [5.41, 5.74) is 2.17. The van der Waals surface area contributed by atoms with Gasteiger partial charge in [-0.15, -0.1) is 24.0 Å². The van der Waals surface area contributed by atoms with Crippen molar-refractivity contribution < 1.29 is 14.2 Å². The molecule has 0 radical (unpaired) electrons. The first kappa shape index (κ1) is 24.0. The molecule has 0 bridgehead atoms. The summed E-state index contributed by atoms with van der Waals surface area (Å²) in [6.07, 6.45) is 0. The molecule has 2 aromatic rings. The van der Waals surface area contributed by atoms with Gasteiger partial charge in [0.25, 0.3) is 0 Å². The normalized spacial score (nSPS) is 11.9. The summed E-state index contributed by atoms with van der Waals surface area (Å²) in [6.45, 7) is 3.91. The second-order valence-corrected chi connectivity index (χ2v) is 6.01. The lowest BCUT2D eigenvalue weighted by Crippen LogP contribution is -2.40. The fraction of sp³-hybridized carbons (Fsp3) is 0.381. The summed E-state index contributed by atoms with van der Waals surface area (Å²) in [5.74, 6) is 2.30. The van der Waals surface area contributed by atoms with Gasteiger partial charge in [0, 0.05) is 19.2 Å². The third-order valence-corrected chi connectivity index (χ3v) is 4.13. The minimum atomic E-state index is -0.00788. The van der Waals surface area contributed by atoms with Gasteiger partial charge in [-0.05, 0) is 30.7 Å². The zero-order chi connectivity index (χ0) is 19.5. The number of hydrogen-bond donors (Lipinski definition) is 2. The first-order valence-corrected chi connectivity index (χ1v) is 8.98. The second kappa shape index (κ2) is 13.2. The van der Waals surface area contributed by atoms with Crippen LogP contribution in [0.2, 0.25) is 0 Å². The molecule has 28 heavy (non-hydrogen) atoms. The van der Waals surface area contributed by atoms with Crippen LogP contribution in [0.15, 0.2) is 53.5 Å². The lowest BCUT2D eigenvalue weighted by atomic mass is 10.1. The van der Waals surface area contributed by atoms with Crippen molar-refractivity contribution in [3.8, 4) is 11.5 Å². The fourth-order valence-corrected chi connectivity index (χ4v) is 2.66. The molecule has 0 amide bonds. The van der Waals surface area contributed by atoms with Crippen molar-refractivity contribution in [1.82, 2.24) is 10.6 Å². The largest absolute Gasteiger partial charge is 0.497 e. The molecule has 0 fully saturated rings. The van der Waals surface area contributed by atoms with Crippen molar-refractivity contribution in [3.63, 3.8) is 0 Å². The average Bonchev–Trinajstić information content (AvgIpc) is 2.72. The second-order valence-electron chi connectivity index (χ2n) is 6.01. The van der Waals surface area contributed by atoms with Gasteiger partial charge in [0.05, 0.1) is 33.5 Å². The number of hydrogen-bond acceptors (Lipinski definition) is 4. The number of guanidine groups is 1. The minimum absolute atomic E-state index is 0. The molecule has 0 heterocycles. The van der Waals surface area contributed by atoms with Gasteiger partial charge in [-0.25, -0.2) is 0 Å². The molecule has 2 N–H and O–H groups in total. The highest BCUT2D eigenvalue weighted by Crippen LogP contribution is 2.29. The van der Waals surface area contributed by atoms with Crippen LogP contribution >= 0.6 is 24.0 Å². The number of nitrogens with zero attached hydrogens (tertiary/aromatic N) is 1. The number of aliphatic imine (C=N–C) groups is 1. The smallest absolute Gasteiger partial charge is 0.191 e. The van der Waals surface area contributed by atoms with Gasteiger partial charge >= 0.3 is 0 Å². The van der Waals surface area contributed by atoms with Crippen LogP contribution in [0.5, 0.6) is 11.5 Å². The van der Waals surface area contributed by atoms with Crippen LogP contribution in [0.1, 0.15) is 24.1 Å². The number of rotatable bonds is 9. The van der Waals surface area contributed by atoms with E-state index in [2.05, 4.69) is 34.7 Å². The van der Waals surface area contributed by atoms with Crippen LogP contribution in [0.25, 0.3) is 0 Å². The van der Waals surface area contributed by atoms with E-state index in [-0.39, 0.29) is 30.0 Å². The number of halogens is 1. The summed E-state index contributed by atoms with van der Waals surface area (Å²) in [6, 6.07) is 15.9. The average molecular weight is 499 g/mol. The van der Waals surface area contributed by atoms with Crippen molar-refractivity contribution in [1.29, 1.82) is 0 Å². The van der Waals surface area contributed by atoms with Crippen LogP contribution in [-0.2, 0) is 11.3 Å². The zero-order valence-corrected chi connectivity index (χ0v) is 19.2. The predicted octanol–water partition coefficient (Wildman–Crippen LogP) is 3.76.